The Morgan fingerprint density at radius 3 is 2.58 bits per heavy atom. The molecule has 0 radical (unpaired) electrons. The highest BCUT2D eigenvalue weighted by molar-refractivity contribution is 5.84. The van der Waals surface area contributed by atoms with Gasteiger partial charge in [0.1, 0.15) is 19.4 Å². The predicted octanol–water partition coefficient (Wildman–Crippen LogP) is 3.77. The number of hydrogen-bond acceptors (Lipinski definition) is 10. The highest BCUT2D eigenvalue weighted by Gasteiger charge is 2.62. The molecule has 13 heteroatoms. The van der Waals surface area contributed by atoms with E-state index in [1.54, 1.807) is 0 Å². The number of fused-ring (bicyclic) bond motifs is 6. The Hall–Kier alpha value is -3.03. The number of esters is 1. The number of aromatic amines is 1. The van der Waals surface area contributed by atoms with Gasteiger partial charge in [0, 0.05) is 6.42 Å². The fourth-order valence-electron chi connectivity index (χ4n) is 11.0. The molecule has 2 heterocycles. The van der Waals surface area contributed by atoms with Gasteiger partial charge in [-0.15, -0.1) is 0 Å². The second kappa shape index (κ2) is 14.5. The molecule has 4 aliphatic rings. The van der Waals surface area contributed by atoms with Crippen LogP contribution in [0.15, 0.2) is 11.1 Å². The topological polar surface area (TPSA) is 195 Å². The molecule has 4 fully saturated rings. The highest BCUT2D eigenvalue weighted by atomic mass is 16.6. The molecule has 6 rings (SSSR count). The summed E-state index contributed by atoms with van der Waals surface area (Å²) in [4.78, 5) is 48.7. The number of aliphatic hydroxyl groups excluding tert-OH is 2. The number of anilines is 1. The lowest BCUT2D eigenvalue weighted by Crippen LogP contribution is -2.58. The molecule has 0 saturated heterocycles. The Bertz CT molecular complexity index is 1590. The van der Waals surface area contributed by atoms with Crippen molar-refractivity contribution >= 4 is 29.0 Å². The highest BCUT2D eigenvalue weighted by Crippen LogP contribution is 2.68. The van der Waals surface area contributed by atoms with E-state index in [4.69, 9.17) is 15.2 Å². The predicted molar refractivity (Wildman–Crippen MR) is 187 cm³/mol. The molecule has 0 bridgehead atoms. The van der Waals surface area contributed by atoms with Gasteiger partial charge in [-0.2, -0.15) is 4.98 Å². The fourth-order valence-corrected chi connectivity index (χ4v) is 11.0. The van der Waals surface area contributed by atoms with Crippen LogP contribution < -0.4 is 16.6 Å². The molecule has 2 aromatic heterocycles. The van der Waals surface area contributed by atoms with Crippen molar-refractivity contribution in [2.45, 2.75) is 124 Å². The van der Waals surface area contributed by atoms with Crippen LogP contribution in [-0.4, -0.2) is 73.1 Å². The molecule has 2 aromatic rings. The maximum atomic E-state index is 13.2. The van der Waals surface area contributed by atoms with Crippen LogP contribution in [0.25, 0.3) is 11.2 Å². The zero-order valence-electron chi connectivity index (χ0n) is 30.4. The summed E-state index contributed by atoms with van der Waals surface area (Å²) >= 11 is 0. The van der Waals surface area contributed by atoms with Crippen molar-refractivity contribution in [1.29, 1.82) is 0 Å². The van der Waals surface area contributed by atoms with Crippen molar-refractivity contribution in [2.75, 3.05) is 18.9 Å². The van der Waals surface area contributed by atoms with E-state index in [1.807, 2.05) is 13.8 Å². The van der Waals surface area contributed by atoms with Gasteiger partial charge in [-0.1, -0.05) is 34.6 Å². The quantitative estimate of drug-likeness (QED) is 0.161. The van der Waals surface area contributed by atoms with Crippen LogP contribution in [-0.2, 0) is 25.8 Å². The van der Waals surface area contributed by atoms with Gasteiger partial charge in [0.05, 0.1) is 25.1 Å². The minimum Gasteiger partial charge on any atom is -0.462 e. The van der Waals surface area contributed by atoms with Crippen molar-refractivity contribution in [2.24, 2.45) is 52.3 Å². The largest absolute Gasteiger partial charge is 0.462 e. The van der Waals surface area contributed by atoms with Gasteiger partial charge >= 0.3 is 5.97 Å². The number of carbonyl (C=O) groups excluding carboxylic acids is 2. The molecule has 6 N–H and O–H groups in total. The number of nitrogens with one attached hydrogen (secondary N) is 2. The molecule has 0 aliphatic heterocycles. The van der Waals surface area contributed by atoms with E-state index < -0.39 is 17.6 Å². The lowest BCUT2D eigenvalue weighted by atomic mass is 9.43. The molecule has 0 aromatic carbocycles. The van der Waals surface area contributed by atoms with Crippen LogP contribution in [0.2, 0.25) is 0 Å². The SMILES string of the molecule is CC(C)C(NC(=O)CCC(C)C1CCC2C3C(CCC12C)C1(C)CC[C@@H](O)CC1C[C@H]3O)C(=O)OCCOCn1cnc2c(=O)[nH]c(N)nc21. The number of rotatable bonds is 12. The third-order valence-corrected chi connectivity index (χ3v) is 13.7. The zero-order valence-corrected chi connectivity index (χ0v) is 30.4. The molecule has 1 amide bonds. The van der Waals surface area contributed by atoms with E-state index in [1.165, 1.54) is 10.9 Å². The zero-order chi connectivity index (χ0) is 36.0. The van der Waals surface area contributed by atoms with E-state index >= 15 is 0 Å². The standard InChI is InChI=1S/C37H58N6O7/c1-20(2)30(34(48)50-15-14-49-19-43-18-39-31-32(43)41-35(38)42-33(31)47)40-28(46)9-6-21(3)24-7-8-25-29-26(11-13-37(24,25)5)36(4)12-10-23(44)16-22(36)17-27(29)45/h18,20-27,29-30,44-45H,6-17,19H2,1-5H3,(H,40,46)(H3,38,41,42,47)/t21?,22?,23-,24?,25?,26?,27-,29?,30?,36?,37?/m1/s1. The number of H-pyrrole nitrogens is 1. The van der Waals surface area contributed by atoms with Crippen molar-refractivity contribution in [3.8, 4) is 0 Å². The van der Waals surface area contributed by atoms with Crippen molar-refractivity contribution in [1.82, 2.24) is 24.8 Å². The first kappa shape index (κ1) is 36.8. The summed E-state index contributed by atoms with van der Waals surface area (Å²) < 4.78 is 12.6. The van der Waals surface area contributed by atoms with Gasteiger partial charge in [-0.05, 0) is 110 Å². The number of amides is 1. The number of nitrogens with zero attached hydrogens (tertiary/aromatic N) is 3. The number of aromatic nitrogens is 4. The van der Waals surface area contributed by atoms with Crippen LogP contribution in [0.3, 0.4) is 0 Å². The smallest absolute Gasteiger partial charge is 0.328 e. The summed E-state index contributed by atoms with van der Waals surface area (Å²) in [6.07, 6.45) is 10.1. The van der Waals surface area contributed by atoms with Gasteiger partial charge in [-0.25, -0.2) is 9.78 Å². The van der Waals surface area contributed by atoms with Crippen LogP contribution in [0.4, 0.5) is 5.95 Å². The van der Waals surface area contributed by atoms with Crippen LogP contribution in [0.1, 0.15) is 98.8 Å². The van der Waals surface area contributed by atoms with E-state index in [-0.39, 0.29) is 66.3 Å². The first-order valence-electron chi connectivity index (χ1n) is 18.8. The Morgan fingerprint density at radius 1 is 1.08 bits per heavy atom. The van der Waals surface area contributed by atoms with Crippen LogP contribution in [0, 0.1) is 52.3 Å². The van der Waals surface area contributed by atoms with Gasteiger partial charge in [0.15, 0.2) is 11.2 Å². The maximum absolute atomic E-state index is 13.2. The summed E-state index contributed by atoms with van der Waals surface area (Å²) in [5, 5.41) is 24.9. The van der Waals surface area contributed by atoms with E-state index in [0.29, 0.717) is 47.6 Å². The maximum Gasteiger partial charge on any atom is 0.328 e. The second-order valence-corrected chi connectivity index (χ2v) is 16.8. The number of nitrogens with two attached hydrogens (primary N) is 1. The monoisotopic (exact) mass is 698 g/mol. The Balaban J connectivity index is 0.967. The van der Waals surface area contributed by atoms with Crippen molar-refractivity contribution in [3.63, 3.8) is 0 Å². The minimum absolute atomic E-state index is 0.00250. The first-order valence-corrected chi connectivity index (χ1v) is 18.8. The number of imidazole rings is 1. The normalized spacial score (nSPS) is 34.8. The summed E-state index contributed by atoms with van der Waals surface area (Å²) in [5.41, 5.74) is 6.01. The average Bonchev–Trinajstić information content (AvgIpc) is 3.63. The number of carbonyl (C=O) groups is 2. The van der Waals surface area contributed by atoms with Crippen molar-refractivity contribution < 1.29 is 29.3 Å². The van der Waals surface area contributed by atoms with Gasteiger partial charge < -0.3 is 30.7 Å². The Morgan fingerprint density at radius 2 is 1.82 bits per heavy atom. The number of ether oxygens (including phenoxy) is 2. The van der Waals surface area contributed by atoms with Gasteiger partial charge in [0.25, 0.3) is 5.56 Å². The molecule has 4 saturated carbocycles. The average molecular weight is 699 g/mol. The third-order valence-electron chi connectivity index (χ3n) is 13.7. The Kier molecular flexibility index (Phi) is 10.7. The van der Waals surface area contributed by atoms with E-state index in [9.17, 15) is 24.6 Å². The number of aliphatic hydroxyl groups is 2. The van der Waals surface area contributed by atoms with E-state index in [2.05, 4.69) is 41.0 Å². The lowest BCUT2D eigenvalue weighted by Gasteiger charge is -2.62. The molecule has 0 spiro atoms. The van der Waals surface area contributed by atoms with Gasteiger partial charge in [0.2, 0.25) is 11.9 Å². The molecular formula is C37H58N6O7. The molecular weight excluding hydrogens is 640 g/mol. The molecule has 4 aliphatic carbocycles. The lowest BCUT2D eigenvalue weighted by molar-refractivity contribution is -0.174. The summed E-state index contributed by atoms with van der Waals surface area (Å²) in [7, 11) is 0. The van der Waals surface area contributed by atoms with E-state index in [0.717, 1.165) is 57.8 Å². The summed E-state index contributed by atoms with van der Waals surface area (Å²) in [6.45, 7) is 11.1. The Labute approximate surface area is 294 Å². The van der Waals surface area contributed by atoms with Crippen LogP contribution in [0.5, 0.6) is 0 Å². The van der Waals surface area contributed by atoms with Gasteiger partial charge in [-0.3, -0.25) is 19.1 Å². The molecule has 11 atom stereocenters. The summed E-state index contributed by atoms with van der Waals surface area (Å²) in [5.74, 6) is 1.74. The number of hydrogen-bond donors (Lipinski definition) is 5. The molecule has 50 heavy (non-hydrogen) atoms. The second-order valence-electron chi connectivity index (χ2n) is 16.8. The summed E-state index contributed by atoms with van der Waals surface area (Å²) in [6, 6.07) is -0.767. The first-order chi connectivity index (χ1) is 23.7. The fraction of sp³-hybridized carbons (Fsp3) is 0.811. The van der Waals surface area contributed by atoms with Crippen molar-refractivity contribution in [3.05, 3.63) is 16.7 Å². The molecule has 278 valence electrons. The third kappa shape index (κ3) is 6.93. The molecule has 13 nitrogen and oxygen atoms in total. The molecule has 9 unspecified atom stereocenters. The number of nitrogen functional groups attached to an aromatic ring is 1. The minimum atomic E-state index is -0.767. The van der Waals surface area contributed by atoms with Crippen LogP contribution >= 0.6 is 0 Å².